The normalized spacial score (nSPS) is 9.12. The van der Waals surface area contributed by atoms with Gasteiger partial charge in [0, 0.05) is 7.11 Å². The molecule has 0 aromatic heterocycles. The summed E-state index contributed by atoms with van der Waals surface area (Å²) in [6.45, 7) is 0. The van der Waals surface area contributed by atoms with Crippen LogP contribution in [0.1, 0.15) is 0 Å². The van der Waals surface area contributed by atoms with Gasteiger partial charge in [0.25, 0.3) is 0 Å². The van der Waals surface area contributed by atoms with E-state index in [9.17, 15) is 0 Å². The second-order valence-corrected chi connectivity index (χ2v) is 3.29. The van der Waals surface area contributed by atoms with Gasteiger partial charge in [0.2, 0.25) is 0 Å². The Morgan fingerprint density at radius 1 is 0.765 bits per heavy atom. The molecule has 0 aliphatic rings. The molecule has 88 valence electrons. The van der Waals surface area contributed by atoms with Crippen molar-refractivity contribution in [1.82, 2.24) is 0 Å². The van der Waals surface area contributed by atoms with Crippen molar-refractivity contribution >= 4 is 7.32 Å². The molecule has 0 aliphatic heterocycles. The molecule has 0 heterocycles. The maximum absolute atomic E-state index is 7.69. The molecule has 0 unspecified atom stereocenters. The standard InChI is InChI=1S/C12H10.CH5BO3/c1-3-7-11(8-4-1)12-9-5-2-6-10-12;1-5-2(3)4/h1-10H;3-4H,1H3. The first kappa shape index (κ1) is 13.4. The van der Waals surface area contributed by atoms with Crippen LogP contribution in [0.25, 0.3) is 11.1 Å². The SMILES string of the molecule is COB(O)O.c1ccc(-c2ccccc2)cc1. The van der Waals surface area contributed by atoms with Crippen LogP contribution in [-0.2, 0) is 4.65 Å². The van der Waals surface area contributed by atoms with Crippen LogP contribution in [-0.4, -0.2) is 24.5 Å². The zero-order valence-corrected chi connectivity index (χ0v) is 9.65. The number of hydrogen-bond acceptors (Lipinski definition) is 3. The van der Waals surface area contributed by atoms with Gasteiger partial charge in [-0.25, -0.2) is 0 Å². The summed E-state index contributed by atoms with van der Waals surface area (Å²) in [5.41, 5.74) is 2.55. The number of rotatable bonds is 2. The van der Waals surface area contributed by atoms with Gasteiger partial charge in [0.1, 0.15) is 0 Å². The zero-order chi connectivity index (χ0) is 12.5. The van der Waals surface area contributed by atoms with E-state index in [1.165, 1.54) is 18.2 Å². The van der Waals surface area contributed by atoms with Gasteiger partial charge in [0.15, 0.2) is 0 Å². The average Bonchev–Trinajstić information content (AvgIpc) is 2.41. The lowest BCUT2D eigenvalue weighted by molar-refractivity contribution is 0.229. The summed E-state index contributed by atoms with van der Waals surface area (Å²) in [4.78, 5) is 0. The summed E-state index contributed by atoms with van der Waals surface area (Å²) >= 11 is 0. The third-order valence-electron chi connectivity index (χ3n) is 2.09. The van der Waals surface area contributed by atoms with E-state index in [4.69, 9.17) is 10.0 Å². The zero-order valence-electron chi connectivity index (χ0n) is 9.65. The Labute approximate surface area is 101 Å². The molecule has 0 saturated heterocycles. The summed E-state index contributed by atoms with van der Waals surface area (Å²) in [6.07, 6.45) is 0. The molecule has 0 aliphatic carbocycles. The van der Waals surface area contributed by atoms with Gasteiger partial charge in [-0.2, -0.15) is 0 Å². The van der Waals surface area contributed by atoms with Crippen molar-refractivity contribution < 1.29 is 14.7 Å². The Balaban J connectivity index is 0.000000249. The van der Waals surface area contributed by atoms with Crippen LogP contribution in [0.4, 0.5) is 0 Å². The number of benzene rings is 2. The van der Waals surface area contributed by atoms with Gasteiger partial charge in [-0.3, -0.25) is 0 Å². The molecule has 2 rings (SSSR count). The maximum atomic E-state index is 7.69. The Hall–Kier alpha value is -1.62. The average molecular weight is 230 g/mol. The van der Waals surface area contributed by atoms with E-state index in [1.807, 2.05) is 12.1 Å². The second kappa shape index (κ2) is 7.62. The molecular formula is C13H15BO3. The Morgan fingerprint density at radius 2 is 1.06 bits per heavy atom. The Morgan fingerprint density at radius 3 is 1.29 bits per heavy atom. The largest absolute Gasteiger partial charge is 0.633 e. The highest BCUT2D eigenvalue weighted by Crippen LogP contribution is 2.17. The van der Waals surface area contributed by atoms with Crippen molar-refractivity contribution in [1.29, 1.82) is 0 Å². The van der Waals surface area contributed by atoms with Crippen molar-refractivity contribution in [2.45, 2.75) is 0 Å². The highest BCUT2D eigenvalue weighted by molar-refractivity contribution is 6.32. The molecule has 0 amide bonds. The summed E-state index contributed by atoms with van der Waals surface area (Å²) in [5.74, 6) is 0. The fraction of sp³-hybridized carbons (Fsp3) is 0.0769. The predicted octanol–water partition coefficient (Wildman–Crippen LogP) is 1.96. The van der Waals surface area contributed by atoms with Gasteiger partial charge in [-0.15, -0.1) is 0 Å². The van der Waals surface area contributed by atoms with Gasteiger partial charge in [-0.05, 0) is 11.1 Å². The topological polar surface area (TPSA) is 49.7 Å². The fourth-order valence-corrected chi connectivity index (χ4v) is 1.26. The Kier molecular flexibility index (Phi) is 6.03. The van der Waals surface area contributed by atoms with Crippen molar-refractivity contribution in [3.8, 4) is 11.1 Å². The van der Waals surface area contributed by atoms with E-state index < -0.39 is 7.32 Å². The molecule has 0 saturated carbocycles. The van der Waals surface area contributed by atoms with E-state index >= 15 is 0 Å². The maximum Gasteiger partial charge on any atom is 0.633 e. The molecule has 4 heteroatoms. The summed E-state index contributed by atoms with van der Waals surface area (Å²) in [6, 6.07) is 20.8. The molecule has 17 heavy (non-hydrogen) atoms. The molecule has 2 N–H and O–H groups in total. The van der Waals surface area contributed by atoms with Crippen LogP contribution < -0.4 is 0 Å². The highest BCUT2D eigenvalue weighted by atomic mass is 16.6. The van der Waals surface area contributed by atoms with Gasteiger partial charge < -0.3 is 14.7 Å². The van der Waals surface area contributed by atoms with E-state index in [0.29, 0.717) is 0 Å². The Bertz CT molecular complexity index is 366. The predicted molar refractivity (Wildman–Crippen MR) is 69.1 cm³/mol. The van der Waals surface area contributed by atoms with Crippen LogP contribution >= 0.6 is 0 Å². The smallest absolute Gasteiger partial charge is 0.402 e. The second-order valence-electron chi connectivity index (χ2n) is 3.29. The van der Waals surface area contributed by atoms with Crippen LogP contribution in [0.5, 0.6) is 0 Å². The minimum absolute atomic E-state index is 1.20. The molecule has 0 atom stereocenters. The quantitative estimate of drug-likeness (QED) is 0.775. The molecule has 0 radical (unpaired) electrons. The summed E-state index contributed by atoms with van der Waals surface area (Å²) in [5, 5.41) is 15.4. The first-order valence-corrected chi connectivity index (χ1v) is 5.23. The van der Waals surface area contributed by atoms with Crippen molar-refractivity contribution in [3.63, 3.8) is 0 Å². The van der Waals surface area contributed by atoms with E-state index in [2.05, 4.69) is 53.2 Å². The lowest BCUT2D eigenvalue weighted by atomic mass is 10.1. The lowest BCUT2D eigenvalue weighted by Crippen LogP contribution is -2.12. The first-order valence-electron chi connectivity index (χ1n) is 5.23. The van der Waals surface area contributed by atoms with E-state index in [1.54, 1.807) is 0 Å². The minimum atomic E-state index is -1.62. The summed E-state index contributed by atoms with van der Waals surface area (Å²) < 4.78 is 3.86. The monoisotopic (exact) mass is 230 g/mol. The molecule has 2 aromatic carbocycles. The van der Waals surface area contributed by atoms with Crippen LogP contribution in [0.2, 0.25) is 0 Å². The fourth-order valence-electron chi connectivity index (χ4n) is 1.26. The number of hydrogen-bond donors (Lipinski definition) is 2. The molecule has 0 fully saturated rings. The van der Waals surface area contributed by atoms with Crippen LogP contribution in [0.3, 0.4) is 0 Å². The molecule has 2 aromatic rings. The highest BCUT2D eigenvalue weighted by Gasteiger charge is 2.00. The molecule has 0 spiro atoms. The van der Waals surface area contributed by atoms with Crippen LogP contribution in [0.15, 0.2) is 60.7 Å². The minimum Gasteiger partial charge on any atom is -0.402 e. The van der Waals surface area contributed by atoms with Crippen molar-refractivity contribution in [2.75, 3.05) is 7.11 Å². The van der Waals surface area contributed by atoms with Crippen molar-refractivity contribution in [3.05, 3.63) is 60.7 Å². The lowest BCUT2D eigenvalue weighted by Gasteiger charge is -1.98. The van der Waals surface area contributed by atoms with E-state index in [0.717, 1.165) is 0 Å². The van der Waals surface area contributed by atoms with Crippen molar-refractivity contribution in [2.24, 2.45) is 0 Å². The van der Waals surface area contributed by atoms with Gasteiger partial charge in [0.05, 0.1) is 0 Å². The summed E-state index contributed by atoms with van der Waals surface area (Å²) in [7, 11) is -0.417. The third kappa shape index (κ3) is 5.31. The molecular weight excluding hydrogens is 215 g/mol. The van der Waals surface area contributed by atoms with Gasteiger partial charge >= 0.3 is 7.32 Å². The molecule has 3 nitrogen and oxygen atoms in total. The first-order chi connectivity index (χ1) is 8.24. The molecule has 0 bridgehead atoms. The van der Waals surface area contributed by atoms with Crippen LogP contribution in [0, 0.1) is 0 Å². The van der Waals surface area contributed by atoms with E-state index in [-0.39, 0.29) is 0 Å². The van der Waals surface area contributed by atoms with Gasteiger partial charge in [-0.1, -0.05) is 60.7 Å². The third-order valence-corrected chi connectivity index (χ3v) is 2.09.